The van der Waals surface area contributed by atoms with E-state index in [1.54, 1.807) is 26.4 Å². The molecule has 2 fully saturated rings. The molecule has 0 aliphatic carbocycles. The topological polar surface area (TPSA) is 157 Å². The van der Waals surface area contributed by atoms with Gasteiger partial charge < -0.3 is 45.1 Å². The van der Waals surface area contributed by atoms with Gasteiger partial charge in [-0.1, -0.05) is 60.6 Å². The number of amides is 2. The Morgan fingerprint density at radius 3 is 1.46 bits per heavy atom. The van der Waals surface area contributed by atoms with E-state index in [1.165, 1.54) is 0 Å². The standard InChI is InChI=1S/C24H33N3O4.C14H22N2O3.C10H12ClNO/c1-18-7-6-8-19(2)24(18)25-23(29)16-27-13-11-26(12-14-27)15-20(28)17-31-22-10-5-4-9-21(22)30-3;1-18-13-4-2-3-5-14(13)19-11-12(17)10-16-8-6-15-7-9-16;1-7-4-3-5-8(2)10(7)12-9(13)6-11/h4-10,20,28H,11-17H2,1-3H3,(H,25,29);2-5,12,15,17H,6-11H2,1H3;3-5H,6H2,1-2H3,(H,12,13)/i1D3,2D3,6D;;1D3,2D3,3D. The number of halogens is 1. The number of benzene rings is 4. The third-order valence-electron chi connectivity index (χ3n) is 9.62. The molecule has 6 rings (SSSR count). The van der Waals surface area contributed by atoms with Crippen LogP contribution in [0.1, 0.15) is 41.4 Å². The average Bonchev–Trinajstić information content (AvgIpc) is 3.37. The van der Waals surface area contributed by atoms with Crippen molar-refractivity contribution in [3.8, 4) is 23.0 Å². The molecule has 15 heteroatoms. The molecule has 0 aromatic heterocycles. The number of carbonyl (C=O) groups is 2. The van der Waals surface area contributed by atoms with E-state index in [4.69, 9.17) is 49.7 Å². The molecule has 2 aliphatic heterocycles. The van der Waals surface area contributed by atoms with Crippen LogP contribution in [0.3, 0.4) is 0 Å². The molecule has 2 atom stereocenters. The molecular weight excluding hydrogens is 824 g/mol. The maximum atomic E-state index is 12.8. The summed E-state index contributed by atoms with van der Waals surface area (Å²) in [5.41, 5.74) is -2.16. The minimum atomic E-state index is -2.71. The second-order valence-electron chi connectivity index (χ2n) is 14.4. The van der Waals surface area contributed by atoms with Gasteiger partial charge in [0.1, 0.15) is 31.3 Å². The number of anilines is 2. The van der Waals surface area contributed by atoms with Crippen molar-refractivity contribution in [1.82, 2.24) is 20.0 Å². The number of methoxy groups -OCH3 is 2. The van der Waals surface area contributed by atoms with E-state index in [9.17, 15) is 19.8 Å². The Labute approximate surface area is 398 Å². The van der Waals surface area contributed by atoms with E-state index in [1.807, 2.05) is 41.3 Å². The number of carbonyl (C=O) groups excluding carboxylic acids is 2. The second-order valence-corrected chi connectivity index (χ2v) is 14.7. The van der Waals surface area contributed by atoms with Crippen LogP contribution in [0.4, 0.5) is 11.4 Å². The van der Waals surface area contributed by atoms with Gasteiger partial charge in [-0.05, 0) is 73.9 Å². The van der Waals surface area contributed by atoms with E-state index in [-0.39, 0.29) is 54.3 Å². The van der Waals surface area contributed by atoms with Gasteiger partial charge in [0, 0.05) is 93.3 Å². The van der Waals surface area contributed by atoms with Gasteiger partial charge in [0.2, 0.25) is 11.8 Å². The van der Waals surface area contributed by atoms with Crippen molar-refractivity contribution in [2.45, 2.75) is 39.6 Å². The maximum absolute atomic E-state index is 12.8. The fourth-order valence-corrected chi connectivity index (χ4v) is 6.46. The number of alkyl halides is 1. The number of nitrogens with one attached hydrogen (secondary N) is 3. The largest absolute Gasteiger partial charge is 0.493 e. The van der Waals surface area contributed by atoms with Gasteiger partial charge in [0.25, 0.3) is 0 Å². The van der Waals surface area contributed by atoms with Crippen molar-refractivity contribution in [1.29, 1.82) is 0 Å². The van der Waals surface area contributed by atoms with Crippen LogP contribution in [0.25, 0.3) is 0 Å². The monoisotopic (exact) mass is 905 g/mol. The molecule has 5 N–H and O–H groups in total. The molecule has 2 unspecified atom stereocenters. The Morgan fingerprint density at radius 2 is 1.05 bits per heavy atom. The number of hydrogen-bond acceptors (Lipinski definition) is 12. The molecular formula is C48H67ClN6O8. The summed E-state index contributed by atoms with van der Waals surface area (Å²) in [5.74, 6) is 0.785. The minimum absolute atomic E-state index is 0.0587. The van der Waals surface area contributed by atoms with Crippen LogP contribution in [-0.4, -0.2) is 154 Å². The highest BCUT2D eigenvalue weighted by Gasteiger charge is 2.22. The Kier molecular flexibility index (Phi) is 14.5. The van der Waals surface area contributed by atoms with Crippen LogP contribution in [-0.2, 0) is 9.59 Å². The summed E-state index contributed by atoms with van der Waals surface area (Å²) in [6, 6.07) is 18.3. The molecule has 2 saturated heterocycles. The zero-order valence-electron chi connectivity index (χ0n) is 49.5. The number of hydrogen-bond donors (Lipinski definition) is 5. The number of aliphatic hydroxyl groups is 2. The summed E-state index contributed by atoms with van der Waals surface area (Å²) in [4.78, 5) is 30.3. The lowest BCUT2D eigenvalue weighted by atomic mass is 10.1. The number of ether oxygens (including phenoxy) is 4. The SMILES string of the molecule is COc1ccccc1OCC(O)CN1CCNCC1.[2H]c1cc(C([2H])([2H])[2H])c(NC(=O)CCl)c(C([2H])([2H])[2H])c1.[2H]c1cc(C([2H])([2H])[2H])c(NC(=O)CN2CCN(CC(O)COc3ccccc3OC)CC2)c(C([2H])([2H])[2H])c1. The summed E-state index contributed by atoms with van der Waals surface area (Å²) in [6.07, 6.45) is -1.21. The number of piperazine rings is 2. The van der Waals surface area contributed by atoms with Crippen molar-refractivity contribution >= 4 is 34.8 Å². The van der Waals surface area contributed by atoms with Crippen LogP contribution in [0.5, 0.6) is 23.0 Å². The van der Waals surface area contributed by atoms with E-state index in [2.05, 4.69) is 25.8 Å². The van der Waals surface area contributed by atoms with Gasteiger partial charge in [0.05, 0.1) is 23.5 Å². The van der Waals surface area contributed by atoms with Crippen LogP contribution < -0.4 is 34.9 Å². The molecule has 0 spiro atoms. The number of nitrogens with zero attached hydrogens (tertiary/aromatic N) is 3. The zero-order valence-corrected chi connectivity index (χ0v) is 36.3. The minimum Gasteiger partial charge on any atom is -0.493 e. The van der Waals surface area contributed by atoms with Crippen LogP contribution >= 0.6 is 11.6 Å². The smallest absolute Gasteiger partial charge is 0.239 e. The molecule has 0 saturated carbocycles. The molecule has 0 bridgehead atoms. The fourth-order valence-electron chi connectivity index (χ4n) is 6.39. The van der Waals surface area contributed by atoms with Crippen molar-refractivity contribution in [3.63, 3.8) is 0 Å². The Bertz CT molecular complexity index is 2460. The lowest BCUT2D eigenvalue weighted by molar-refractivity contribution is -0.118. The second kappa shape index (κ2) is 27.3. The first-order chi connectivity index (χ1) is 36.0. The number of β-amino-alcohol motifs (C(OH)–C–C–N with tert-alkyl or cyclic N) is 2. The molecule has 344 valence electrons. The normalized spacial score (nSPS) is 19.4. The van der Waals surface area contributed by atoms with Crippen molar-refractivity contribution in [2.24, 2.45) is 0 Å². The molecule has 2 aliphatic rings. The predicted molar refractivity (Wildman–Crippen MR) is 251 cm³/mol. The summed E-state index contributed by atoms with van der Waals surface area (Å²) in [6.45, 7) is -3.22. The van der Waals surface area contributed by atoms with Crippen LogP contribution in [0, 0.1) is 27.4 Å². The third kappa shape index (κ3) is 17.6. The Balaban J connectivity index is 0.000000275. The van der Waals surface area contributed by atoms with Crippen LogP contribution in [0.15, 0.2) is 84.9 Å². The van der Waals surface area contributed by atoms with E-state index in [0.29, 0.717) is 62.3 Å². The number of aliphatic hydroxyl groups excluding tert-OH is 2. The molecule has 4 aromatic carbocycles. The summed E-state index contributed by atoms with van der Waals surface area (Å²) in [7, 11) is 3.16. The zero-order chi connectivity index (χ0) is 57.3. The first kappa shape index (κ1) is 33.6. The predicted octanol–water partition coefficient (Wildman–Crippen LogP) is 5.13. The van der Waals surface area contributed by atoms with E-state index >= 15 is 0 Å². The summed E-state index contributed by atoms with van der Waals surface area (Å²) < 4.78 is 128. The third-order valence-corrected chi connectivity index (χ3v) is 9.86. The van der Waals surface area contributed by atoms with Crippen molar-refractivity contribution in [3.05, 3.63) is 107 Å². The molecule has 4 aromatic rings. The van der Waals surface area contributed by atoms with Gasteiger partial charge in [-0.15, -0.1) is 11.6 Å². The van der Waals surface area contributed by atoms with Gasteiger partial charge in [-0.2, -0.15) is 0 Å². The molecule has 63 heavy (non-hydrogen) atoms. The van der Waals surface area contributed by atoms with E-state index in [0.717, 1.165) is 50.4 Å². The Morgan fingerprint density at radius 1 is 0.651 bits per heavy atom. The molecule has 14 nitrogen and oxygen atoms in total. The Hall–Kier alpha value is -4.93. The lowest BCUT2D eigenvalue weighted by Gasteiger charge is -2.35. The first-order valence-corrected chi connectivity index (χ1v) is 20.8. The highest BCUT2D eigenvalue weighted by Crippen LogP contribution is 2.27. The molecule has 0 radical (unpaired) electrons. The summed E-state index contributed by atoms with van der Waals surface area (Å²) in [5, 5.41) is 28.4. The quantitative estimate of drug-likeness (QED) is 0.0893. The van der Waals surface area contributed by atoms with Crippen LogP contribution in [0.2, 0.25) is 0 Å². The average molecular weight is 906 g/mol. The maximum Gasteiger partial charge on any atom is 0.239 e. The number of aryl methyl sites for hydroxylation is 4. The fraction of sp³-hybridized carbons (Fsp3) is 0.458. The van der Waals surface area contributed by atoms with Crippen molar-refractivity contribution < 1.29 is 57.9 Å². The van der Waals surface area contributed by atoms with Gasteiger partial charge in [0.15, 0.2) is 23.0 Å². The molecule has 2 heterocycles. The number of rotatable bonds is 17. The highest BCUT2D eigenvalue weighted by atomic mass is 35.5. The summed E-state index contributed by atoms with van der Waals surface area (Å²) >= 11 is 5.34. The van der Waals surface area contributed by atoms with E-state index < -0.39 is 68.4 Å². The molecule has 2 amide bonds. The van der Waals surface area contributed by atoms with Gasteiger partial charge in [-0.25, -0.2) is 0 Å². The first-order valence-electron chi connectivity index (χ1n) is 27.3. The lowest BCUT2D eigenvalue weighted by Crippen LogP contribution is -2.50. The number of para-hydroxylation sites is 6. The van der Waals surface area contributed by atoms with Gasteiger partial charge >= 0.3 is 0 Å². The van der Waals surface area contributed by atoms with Crippen molar-refractivity contribution in [2.75, 3.05) is 116 Å². The highest BCUT2D eigenvalue weighted by molar-refractivity contribution is 6.29. The van der Waals surface area contributed by atoms with Gasteiger partial charge in [-0.3, -0.25) is 24.3 Å².